The fraction of sp³-hybridized carbons (Fsp3) is 0.919. The summed E-state index contributed by atoms with van der Waals surface area (Å²) >= 11 is 0. The number of aliphatic hydroxyl groups is 16. The van der Waals surface area contributed by atoms with Crippen molar-refractivity contribution in [2.45, 2.75) is 385 Å². The van der Waals surface area contributed by atoms with Crippen LogP contribution in [0, 0.1) is 5.92 Å². The number of Topliss-reactive ketones (excluding diaryl/α,β-unsaturated/α-hetero) is 1. The summed E-state index contributed by atoms with van der Waals surface area (Å²) in [5, 5.41) is 195. The molecule has 5 aliphatic rings. The zero-order chi connectivity index (χ0) is 78.8. The number of carbonyl (C=O) groups is 4. The number of ketones is 1. The maximum absolute atomic E-state index is 13.8. The molecule has 5 fully saturated rings. The molecular formula is C74H132N2O31. The zero-order valence-corrected chi connectivity index (χ0v) is 63.0. The van der Waals surface area contributed by atoms with Crippen LogP contribution in [0.4, 0.5) is 0 Å². The van der Waals surface area contributed by atoms with Crippen LogP contribution in [0.1, 0.15) is 220 Å². The van der Waals surface area contributed by atoms with E-state index in [0.29, 0.717) is 12.8 Å². The second-order valence-corrected chi connectivity index (χ2v) is 29.6. The molecule has 0 saturated carbocycles. The number of carboxylic acid groups (broad SMARTS) is 1. The van der Waals surface area contributed by atoms with Crippen LogP contribution in [0.3, 0.4) is 0 Å². The van der Waals surface area contributed by atoms with Gasteiger partial charge in [0.2, 0.25) is 11.8 Å². The first-order valence-electron chi connectivity index (χ1n) is 39.3. The van der Waals surface area contributed by atoms with Gasteiger partial charge in [-0.1, -0.05) is 161 Å². The fourth-order valence-electron chi connectivity index (χ4n) is 14.6. The Morgan fingerprint density at radius 3 is 1.51 bits per heavy atom. The molecule has 624 valence electrons. The van der Waals surface area contributed by atoms with Crippen LogP contribution < -0.4 is 10.6 Å². The van der Waals surface area contributed by atoms with Crippen LogP contribution in [0.25, 0.3) is 0 Å². The van der Waals surface area contributed by atoms with E-state index in [1.807, 2.05) is 0 Å². The molecule has 0 aromatic carbocycles. The van der Waals surface area contributed by atoms with Gasteiger partial charge in [0.05, 0.1) is 70.0 Å². The van der Waals surface area contributed by atoms with Crippen molar-refractivity contribution >= 4 is 23.6 Å². The van der Waals surface area contributed by atoms with E-state index in [0.717, 1.165) is 97.3 Å². The van der Waals surface area contributed by atoms with Gasteiger partial charge in [-0.2, -0.15) is 0 Å². The predicted molar refractivity (Wildman–Crippen MR) is 380 cm³/mol. The summed E-state index contributed by atoms with van der Waals surface area (Å²) in [5.74, 6) is -9.04. The third-order valence-electron chi connectivity index (χ3n) is 20.9. The average Bonchev–Trinajstić information content (AvgIpc) is 0.754. The summed E-state index contributed by atoms with van der Waals surface area (Å²) < 4.78 is 60.4. The van der Waals surface area contributed by atoms with Gasteiger partial charge < -0.3 is 150 Å². The van der Waals surface area contributed by atoms with E-state index < -0.39 is 241 Å². The SMILES string of the molecule is CCCCCCC=CCCCCCCCCCC(=O)NC(COC1OC(CO)C(OC2OC(CO)C(OC3OC(CO)C(O)C(OC4OC(CO)C(O)C(O)C4O)C3CC(C)=O)C(OC3(C(=O)O)CC(O)C(NC(C)=O)C(C(O)C(O)CO)O3)C2O)C(O)C1O)C(O)CCCCCCCCCCCCCCC. The summed E-state index contributed by atoms with van der Waals surface area (Å²) in [5.41, 5.74) is 0. The van der Waals surface area contributed by atoms with Crippen LogP contribution >= 0.6 is 0 Å². The van der Waals surface area contributed by atoms with Crippen molar-refractivity contribution < 1.29 is 153 Å². The minimum atomic E-state index is -3.36. The maximum Gasteiger partial charge on any atom is 0.364 e. The number of carboxylic acids is 1. The number of rotatable bonds is 53. The van der Waals surface area contributed by atoms with Crippen LogP contribution in [0.15, 0.2) is 12.2 Å². The van der Waals surface area contributed by atoms with Gasteiger partial charge in [0.25, 0.3) is 5.79 Å². The Hall–Kier alpha value is -3.22. The van der Waals surface area contributed by atoms with Crippen molar-refractivity contribution in [3.05, 3.63) is 12.2 Å². The van der Waals surface area contributed by atoms with Crippen LogP contribution in [0.2, 0.25) is 0 Å². The Labute approximate surface area is 628 Å². The molecule has 19 N–H and O–H groups in total. The molecule has 0 radical (unpaired) electrons. The topological polar surface area (TPSA) is 529 Å². The lowest BCUT2D eigenvalue weighted by Crippen LogP contribution is -2.71. The lowest BCUT2D eigenvalue weighted by molar-refractivity contribution is -0.406. The molecular weight excluding hydrogens is 1410 g/mol. The van der Waals surface area contributed by atoms with Crippen molar-refractivity contribution in [3.63, 3.8) is 0 Å². The number of nitrogens with one attached hydrogen (secondary N) is 2. The van der Waals surface area contributed by atoms with E-state index in [9.17, 15) is 106 Å². The molecule has 5 aliphatic heterocycles. The second kappa shape index (κ2) is 50.1. The molecule has 28 atom stereocenters. The first kappa shape index (κ1) is 94.4. The highest BCUT2D eigenvalue weighted by molar-refractivity contribution is 5.77. The lowest BCUT2D eigenvalue weighted by Gasteiger charge is -2.52. The minimum Gasteiger partial charge on any atom is -0.477 e. The van der Waals surface area contributed by atoms with Gasteiger partial charge in [-0.3, -0.25) is 9.59 Å². The first-order chi connectivity index (χ1) is 51.3. The Morgan fingerprint density at radius 2 is 0.972 bits per heavy atom. The summed E-state index contributed by atoms with van der Waals surface area (Å²) in [4.78, 5) is 53.1. The largest absolute Gasteiger partial charge is 0.477 e. The Kier molecular flexibility index (Phi) is 44.2. The number of amides is 2. The standard InChI is InChI=1S/C74H132N2O31/c1-5-7-9-11-13-15-17-19-20-22-24-26-28-30-32-34-54(87)76-46(47(84)33-31-29-27-25-23-21-18-16-14-12-10-8-6-2)42-98-70-62(94)60(92)65(52(40-80)101-70)104-72-63(95)68(107-74(73(96)97)36-48(85)55(75-44(4)83)67(106-74)56(88)49(86)37-77)66(53(41-81)102-72)105-69-45(35-43(3)82)64(58(90)51(39-79)99-69)103-71-61(93)59(91)57(89)50(38-78)100-71/h15,17,45-53,55-72,77-81,84-86,88-95H,5-14,16,18-42H2,1-4H3,(H,75,83)(H,76,87)(H,96,97). The van der Waals surface area contributed by atoms with Crippen molar-refractivity contribution in [2.24, 2.45) is 5.92 Å². The molecule has 0 bridgehead atoms. The van der Waals surface area contributed by atoms with Gasteiger partial charge in [-0.15, -0.1) is 0 Å². The zero-order valence-electron chi connectivity index (χ0n) is 63.0. The second-order valence-electron chi connectivity index (χ2n) is 29.6. The third kappa shape index (κ3) is 29.3. The average molecular weight is 1550 g/mol. The molecule has 0 spiro atoms. The number of carbonyl (C=O) groups excluding carboxylic acids is 3. The highest BCUT2D eigenvalue weighted by Crippen LogP contribution is 2.42. The van der Waals surface area contributed by atoms with Crippen LogP contribution in [0.5, 0.6) is 0 Å². The first-order valence-corrected chi connectivity index (χ1v) is 39.3. The van der Waals surface area contributed by atoms with E-state index in [4.69, 9.17) is 47.4 Å². The number of aliphatic carboxylic acids is 1. The summed E-state index contributed by atoms with van der Waals surface area (Å²) in [6.45, 7) is 0.568. The van der Waals surface area contributed by atoms with Gasteiger partial charge in [0.15, 0.2) is 25.2 Å². The van der Waals surface area contributed by atoms with E-state index >= 15 is 0 Å². The van der Waals surface area contributed by atoms with Crippen molar-refractivity contribution in [2.75, 3.05) is 39.6 Å². The number of hydrogen-bond acceptors (Lipinski definition) is 30. The fourth-order valence-corrected chi connectivity index (χ4v) is 14.6. The van der Waals surface area contributed by atoms with E-state index in [1.165, 1.54) is 70.6 Å². The molecule has 0 aromatic heterocycles. The van der Waals surface area contributed by atoms with Gasteiger partial charge in [-0.05, 0) is 45.4 Å². The minimum absolute atomic E-state index is 0.152. The molecule has 0 aromatic rings. The number of ether oxygens (including phenoxy) is 10. The van der Waals surface area contributed by atoms with Crippen molar-refractivity contribution in [3.8, 4) is 0 Å². The van der Waals surface area contributed by atoms with Crippen LogP contribution in [-0.4, -0.2) is 315 Å². The summed E-state index contributed by atoms with van der Waals surface area (Å²) in [7, 11) is 0. The summed E-state index contributed by atoms with van der Waals surface area (Å²) in [6.07, 6.45) is -17.2. The lowest BCUT2D eigenvalue weighted by atomic mass is 9.86. The van der Waals surface area contributed by atoms with E-state index in [1.54, 1.807) is 0 Å². The Morgan fingerprint density at radius 1 is 0.505 bits per heavy atom. The van der Waals surface area contributed by atoms with Gasteiger partial charge >= 0.3 is 5.97 Å². The molecule has 107 heavy (non-hydrogen) atoms. The van der Waals surface area contributed by atoms with Crippen molar-refractivity contribution in [1.82, 2.24) is 10.6 Å². The van der Waals surface area contributed by atoms with E-state index in [2.05, 4.69) is 36.6 Å². The normalized spacial score (nSPS) is 34.6. The monoisotopic (exact) mass is 1540 g/mol. The molecule has 33 heteroatoms. The quantitative estimate of drug-likeness (QED) is 0.0282. The molecule has 5 heterocycles. The molecule has 0 aliphatic carbocycles. The molecule has 5 saturated heterocycles. The van der Waals surface area contributed by atoms with Crippen molar-refractivity contribution in [1.29, 1.82) is 0 Å². The van der Waals surface area contributed by atoms with E-state index in [-0.39, 0.29) is 18.7 Å². The maximum atomic E-state index is 13.8. The summed E-state index contributed by atoms with van der Waals surface area (Å²) in [6, 6.07) is -2.81. The Bertz CT molecular complexity index is 2500. The number of allylic oxidation sites excluding steroid dienone is 2. The van der Waals surface area contributed by atoms with Gasteiger partial charge in [0.1, 0.15) is 110 Å². The highest BCUT2D eigenvalue weighted by atomic mass is 16.8. The molecule has 2 amide bonds. The van der Waals surface area contributed by atoms with Crippen LogP contribution in [-0.2, 0) is 66.5 Å². The third-order valence-corrected chi connectivity index (χ3v) is 20.9. The van der Waals surface area contributed by atoms with Gasteiger partial charge in [-0.25, -0.2) is 4.79 Å². The number of hydrogen-bond donors (Lipinski definition) is 19. The highest BCUT2D eigenvalue weighted by Gasteiger charge is 2.62. The number of aliphatic hydroxyl groups excluding tert-OH is 16. The number of unbranched alkanes of at least 4 members (excludes halogenated alkanes) is 23. The molecule has 5 rings (SSSR count). The predicted octanol–water partition coefficient (Wildman–Crippen LogP) is 0.0482. The smallest absolute Gasteiger partial charge is 0.364 e. The molecule has 28 unspecified atom stereocenters. The molecule has 33 nitrogen and oxygen atoms in total. The van der Waals surface area contributed by atoms with Gasteiger partial charge in [0, 0.05) is 32.1 Å². The Balaban J connectivity index is 1.39.